The average Bonchev–Trinajstić information content (AvgIpc) is 2.85. The van der Waals surface area contributed by atoms with Gasteiger partial charge in [0.15, 0.2) is 5.96 Å². The Hall–Kier alpha value is -0.770. The standard InChI is InChI=1S/C17H34N4/c1-5-8-17(2)9-6-10-21(14-17)16(18-3)19-12-15-7-11-20(4)13-15/h15H,5-14H2,1-4H3,(H,18,19). The quantitative estimate of drug-likeness (QED) is 0.638. The number of piperidine rings is 1. The molecule has 2 aliphatic rings. The first-order valence-corrected chi connectivity index (χ1v) is 8.70. The molecule has 0 aliphatic carbocycles. The van der Waals surface area contributed by atoms with Crippen LogP contribution in [-0.4, -0.2) is 62.6 Å². The maximum Gasteiger partial charge on any atom is 0.193 e. The summed E-state index contributed by atoms with van der Waals surface area (Å²) in [6.45, 7) is 10.6. The molecule has 2 saturated heterocycles. The third-order valence-corrected chi connectivity index (χ3v) is 5.18. The van der Waals surface area contributed by atoms with Crippen LogP contribution in [-0.2, 0) is 0 Å². The average molecular weight is 294 g/mol. The van der Waals surface area contributed by atoms with Gasteiger partial charge in [0, 0.05) is 33.2 Å². The molecule has 0 radical (unpaired) electrons. The second-order valence-electron chi connectivity index (χ2n) is 7.43. The summed E-state index contributed by atoms with van der Waals surface area (Å²) in [5.41, 5.74) is 0.470. The Balaban J connectivity index is 1.85. The van der Waals surface area contributed by atoms with Crippen LogP contribution in [0.15, 0.2) is 4.99 Å². The van der Waals surface area contributed by atoms with E-state index in [0.717, 1.165) is 31.5 Å². The maximum atomic E-state index is 4.54. The summed E-state index contributed by atoms with van der Waals surface area (Å²) in [4.78, 5) is 9.44. The largest absolute Gasteiger partial charge is 0.356 e. The molecule has 2 fully saturated rings. The van der Waals surface area contributed by atoms with Gasteiger partial charge in [0.1, 0.15) is 0 Å². The molecule has 0 spiro atoms. The predicted octanol–water partition coefficient (Wildman–Crippen LogP) is 2.42. The van der Waals surface area contributed by atoms with Crippen molar-refractivity contribution < 1.29 is 0 Å². The summed E-state index contributed by atoms with van der Waals surface area (Å²) in [7, 11) is 4.14. The van der Waals surface area contributed by atoms with Gasteiger partial charge in [0.05, 0.1) is 0 Å². The van der Waals surface area contributed by atoms with Crippen LogP contribution in [0.5, 0.6) is 0 Å². The van der Waals surface area contributed by atoms with Crippen molar-refractivity contribution in [2.75, 3.05) is 46.8 Å². The van der Waals surface area contributed by atoms with Crippen molar-refractivity contribution in [1.29, 1.82) is 0 Å². The highest BCUT2D eigenvalue weighted by atomic mass is 15.3. The molecule has 0 amide bonds. The van der Waals surface area contributed by atoms with Crippen LogP contribution in [0.3, 0.4) is 0 Å². The molecule has 1 N–H and O–H groups in total. The van der Waals surface area contributed by atoms with Crippen molar-refractivity contribution in [3.05, 3.63) is 0 Å². The van der Waals surface area contributed by atoms with Gasteiger partial charge in [-0.1, -0.05) is 20.3 Å². The smallest absolute Gasteiger partial charge is 0.193 e. The normalized spacial score (nSPS) is 31.7. The van der Waals surface area contributed by atoms with Crippen LogP contribution in [0.25, 0.3) is 0 Å². The molecule has 2 aliphatic heterocycles. The Morgan fingerprint density at radius 3 is 2.81 bits per heavy atom. The van der Waals surface area contributed by atoms with E-state index in [1.165, 1.54) is 45.2 Å². The first kappa shape index (κ1) is 16.6. The zero-order valence-corrected chi connectivity index (χ0v) is 14.5. The summed E-state index contributed by atoms with van der Waals surface area (Å²) in [6.07, 6.45) is 6.58. The van der Waals surface area contributed by atoms with E-state index in [1.807, 2.05) is 7.05 Å². The molecule has 0 aromatic heterocycles. The monoisotopic (exact) mass is 294 g/mol. The predicted molar refractivity (Wildman–Crippen MR) is 90.8 cm³/mol. The molecule has 0 bridgehead atoms. The highest BCUT2D eigenvalue weighted by Gasteiger charge is 2.31. The Morgan fingerprint density at radius 1 is 1.38 bits per heavy atom. The fourth-order valence-corrected chi connectivity index (χ4v) is 4.06. The molecule has 2 heterocycles. The lowest BCUT2D eigenvalue weighted by molar-refractivity contribution is 0.142. The minimum Gasteiger partial charge on any atom is -0.356 e. The van der Waals surface area contributed by atoms with Crippen LogP contribution < -0.4 is 5.32 Å². The lowest BCUT2D eigenvalue weighted by atomic mass is 9.78. The first-order chi connectivity index (χ1) is 10.1. The maximum absolute atomic E-state index is 4.54. The molecule has 21 heavy (non-hydrogen) atoms. The van der Waals surface area contributed by atoms with Crippen molar-refractivity contribution in [2.45, 2.75) is 46.0 Å². The van der Waals surface area contributed by atoms with Crippen molar-refractivity contribution in [3.8, 4) is 0 Å². The molecular weight excluding hydrogens is 260 g/mol. The molecule has 2 unspecified atom stereocenters. The number of hydrogen-bond acceptors (Lipinski definition) is 2. The number of hydrogen-bond donors (Lipinski definition) is 1. The number of likely N-dealkylation sites (tertiary alicyclic amines) is 2. The highest BCUT2D eigenvalue weighted by Crippen LogP contribution is 2.33. The van der Waals surface area contributed by atoms with Gasteiger partial charge in [-0.05, 0) is 50.6 Å². The Labute approximate surface area is 131 Å². The number of nitrogens with zero attached hydrogens (tertiary/aromatic N) is 3. The lowest BCUT2D eigenvalue weighted by Crippen LogP contribution is -2.50. The number of rotatable bonds is 4. The molecule has 0 saturated carbocycles. The van der Waals surface area contributed by atoms with Crippen molar-refractivity contribution >= 4 is 5.96 Å². The molecule has 0 aromatic carbocycles. The van der Waals surface area contributed by atoms with Crippen LogP contribution in [0.1, 0.15) is 46.0 Å². The number of aliphatic imine (C=N–C) groups is 1. The van der Waals surface area contributed by atoms with Gasteiger partial charge in [-0.2, -0.15) is 0 Å². The molecule has 4 heteroatoms. The summed E-state index contributed by atoms with van der Waals surface area (Å²) in [5, 5.41) is 3.63. The van der Waals surface area contributed by atoms with Crippen molar-refractivity contribution in [3.63, 3.8) is 0 Å². The summed E-state index contributed by atoms with van der Waals surface area (Å²) >= 11 is 0. The van der Waals surface area contributed by atoms with Crippen molar-refractivity contribution in [2.24, 2.45) is 16.3 Å². The summed E-state index contributed by atoms with van der Waals surface area (Å²) in [6, 6.07) is 0. The van der Waals surface area contributed by atoms with Gasteiger partial charge < -0.3 is 15.1 Å². The Kier molecular flexibility index (Phi) is 5.91. The lowest BCUT2D eigenvalue weighted by Gasteiger charge is -2.42. The van der Waals surface area contributed by atoms with Crippen LogP contribution >= 0.6 is 0 Å². The Morgan fingerprint density at radius 2 is 2.19 bits per heavy atom. The van der Waals surface area contributed by atoms with Gasteiger partial charge in [-0.25, -0.2) is 0 Å². The summed E-state index contributed by atoms with van der Waals surface area (Å²) in [5.74, 6) is 1.89. The Bertz CT molecular complexity index is 351. The fourth-order valence-electron chi connectivity index (χ4n) is 4.06. The van der Waals surface area contributed by atoms with E-state index in [9.17, 15) is 0 Å². The minimum absolute atomic E-state index is 0.470. The molecule has 4 nitrogen and oxygen atoms in total. The molecule has 0 aromatic rings. The van der Waals surface area contributed by atoms with Gasteiger partial charge in [0.25, 0.3) is 0 Å². The van der Waals surface area contributed by atoms with E-state index in [0.29, 0.717) is 5.41 Å². The van der Waals surface area contributed by atoms with E-state index in [1.54, 1.807) is 0 Å². The number of guanidine groups is 1. The van der Waals surface area contributed by atoms with E-state index >= 15 is 0 Å². The van der Waals surface area contributed by atoms with Crippen LogP contribution in [0, 0.1) is 11.3 Å². The van der Waals surface area contributed by atoms with Crippen LogP contribution in [0.2, 0.25) is 0 Å². The zero-order valence-electron chi connectivity index (χ0n) is 14.5. The van der Waals surface area contributed by atoms with E-state index in [4.69, 9.17) is 0 Å². The zero-order chi connectivity index (χ0) is 15.3. The second kappa shape index (κ2) is 7.48. The SMILES string of the molecule is CCCC1(C)CCCN(C(=NC)NCC2CCN(C)C2)C1. The van der Waals surface area contributed by atoms with Crippen molar-refractivity contribution in [1.82, 2.24) is 15.1 Å². The van der Waals surface area contributed by atoms with Crippen LogP contribution in [0.4, 0.5) is 0 Å². The third kappa shape index (κ3) is 4.60. The molecular formula is C17H34N4. The van der Waals surface area contributed by atoms with Gasteiger partial charge in [-0.3, -0.25) is 4.99 Å². The van der Waals surface area contributed by atoms with E-state index < -0.39 is 0 Å². The molecule has 122 valence electrons. The number of nitrogens with one attached hydrogen (secondary N) is 1. The highest BCUT2D eigenvalue weighted by molar-refractivity contribution is 5.80. The van der Waals surface area contributed by atoms with Gasteiger partial charge in [-0.15, -0.1) is 0 Å². The van der Waals surface area contributed by atoms with Gasteiger partial charge in [0.2, 0.25) is 0 Å². The topological polar surface area (TPSA) is 30.9 Å². The van der Waals surface area contributed by atoms with E-state index in [-0.39, 0.29) is 0 Å². The minimum atomic E-state index is 0.470. The van der Waals surface area contributed by atoms with Gasteiger partial charge >= 0.3 is 0 Å². The second-order valence-corrected chi connectivity index (χ2v) is 7.43. The fraction of sp³-hybridized carbons (Fsp3) is 0.941. The van der Waals surface area contributed by atoms with E-state index in [2.05, 4.69) is 41.0 Å². The molecule has 2 atom stereocenters. The molecule has 2 rings (SSSR count). The third-order valence-electron chi connectivity index (χ3n) is 5.18. The first-order valence-electron chi connectivity index (χ1n) is 8.70. The summed E-state index contributed by atoms with van der Waals surface area (Å²) < 4.78 is 0.